The summed E-state index contributed by atoms with van der Waals surface area (Å²) in [7, 11) is 1.82. The fraction of sp³-hybridized carbons (Fsp3) is 0.350. The van der Waals surface area contributed by atoms with E-state index in [0.717, 1.165) is 17.5 Å². The second-order valence-corrected chi connectivity index (χ2v) is 6.66. The zero-order valence-electron chi connectivity index (χ0n) is 14.1. The molecule has 0 heterocycles. The molecule has 1 amide bonds. The zero-order valence-corrected chi connectivity index (χ0v) is 14.1. The molecule has 3 nitrogen and oxygen atoms in total. The minimum absolute atomic E-state index is 0.0166. The maximum Gasteiger partial charge on any atom is 0.253 e. The molecule has 0 spiro atoms. The van der Waals surface area contributed by atoms with Gasteiger partial charge in [-0.3, -0.25) is 4.79 Å². The predicted molar refractivity (Wildman–Crippen MR) is 93.3 cm³/mol. The van der Waals surface area contributed by atoms with Gasteiger partial charge in [-0.25, -0.2) is 0 Å². The number of aliphatic hydroxyl groups is 1. The summed E-state index contributed by atoms with van der Waals surface area (Å²) in [5.41, 5.74) is 2.28. The molecule has 122 valence electrons. The number of hydrogen-bond acceptors (Lipinski definition) is 2. The van der Waals surface area contributed by atoms with E-state index < -0.39 is 5.60 Å². The second-order valence-electron chi connectivity index (χ2n) is 6.66. The highest BCUT2D eigenvalue weighted by Crippen LogP contribution is 2.15. The van der Waals surface area contributed by atoms with Crippen LogP contribution in [0, 0.1) is 0 Å². The SMILES string of the molecule is CN(Cc1ccccc1)C(=O)c1ccc(CCC(C)(C)O)cc1. The Morgan fingerprint density at radius 1 is 1.00 bits per heavy atom. The van der Waals surface area contributed by atoms with Crippen molar-refractivity contribution >= 4 is 5.91 Å². The van der Waals surface area contributed by atoms with Crippen LogP contribution >= 0.6 is 0 Å². The first-order chi connectivity index (χ1) is 10.8. The number of carbonyl (C=O) groups is 1. The molecule has 0 aliphatic heterocycles. The molecular formula is C20H25NO2. The quantitative estimate of drug-likeness (QED) is 0.884. The fourth-order valence-electron chi connectivity index (χ4n) is 2.41. The van der Waals surface area contributed by atoms with Crippen LogP contribution in [0.1, 0.15) is 41.8 Å². The average molecular weight is 311 g/mol. The smallest absolute Gasteiger partial charge is 0.253 e. The van der Waals surface area contributed by atoms with Crippen LogP contribution in [0.2, 0.25) is 0 Å². The van der Waals surface area contributed by atoms with E-state index in [9.17, 15) is 9.90 Å². The van der Waals surface area contributed by atoms with Crippen LogP contribution in [0.5, 0.6) is 0 Å². The lowest BCUT2D eigenvalue weighted by molar-refractivity contribution is 0.0713. The molecule has 0 atom stereocenters. The Labute approximate surface area is 138 Å². The molecular weight excluding hydrogens is 286 g/mol. The highest BCUT2D eigenvalue weighted by molar-refractivity contribution is 5.94. The van der Waals surface area contributed by atoms with Crippen LogP contribution in [0.3, 0.4) is 0 Å². The lowest BCUT2D eigenvalue weighted by Gasteiger charge is -2.18. The Hall–Kier alpha value is -2.13. The lowest BCUT2D eigenvalue weighted by Crippen LogP contribution is -2.26. The van der Waals surface area contributed by atoms with E-state index >= 15 is 0 Å². The standard InChI is InChI=1S/C20H25NO2/c1-20(2,23)14-13-16-9-11-18(12-10-16)19(22)21(3)15-17-7-5-4-6-8-17/h4-12,23H,13-15H2,1-3H3. The van der Waals surface area contributed by atoms with Crippen molar-refractivity contribution in [3.63, 3.8) is 0 Å². The van der Waals surface area contributed by atoms with E-state index in [2.05, 4.69) is 0 Å². The van der Waals surface area contributed by atoms with Crippen LogP contribution in [0.15, 0.2) is 54.6 Å². The van der Waals surface area contributed by atoms with Crippen molar-refractivity contribution in [2.45, 2.75) is 38.8 Å². The number of benzene rings is 2. The summed E-state index contributed by atoms with van der Waals surface area (Å²) >= 11 is 0. The van der Waals surface area contributed by atoms with Gasteiger partial charge in [0.15, 0.2) is 0 Å². The third-order valence-electron chi connectivity index (χ3n) is 3.84. The Balaban J connectivity index is 1.97. The van der Waals surface area contributed by atoms with Crippen LogP contribution in [-0.4, -0.2) is 28.6 Å². The highest BCUT2D eigenvalue weighted by Gasteiger charge is 2.14. The van der Waals surface area contributed by atoms with E-state index in [4.69, 9.17) is 0 Å². The van der Waals surface area contributed by atoms with Gasteiger partial charge in [-0.1, -0.05) is 42.5 Å². The molecule has 23 heavy (non-hydrogen) atoms. The third kappa shape index (κ3) is 5.53. The van der Waals surface area contributed by atoms with Gasteiger partial charge in [0.25, 0.3) is 5.91 Å². The molecule has 0 bridgehead atoms. The zero-order chi connectivity index (χ0) is 16.9. The third-order valence-corrected chi connectivity index (χ3v) is 3.84. The van der Waals surface area contributed by atoms with Crippen molar-refractivity contribution in [3.05, 3.63) is 71.3 Å². The topological polar surface area (TPSA) is 40.5 Å². The molecule has 0 aliphatic carbocycles. The van der Waals surface area contributed by atoms with Gasteiger partial charge in [0.2, 0.25) is 0 Å². The summed E-state index contributed by atoms with van der Waals surface area (Å²) in [6.45, 7) is 4.22. The van der Waals surface area contributed by atoms with E-state index in [1.165, 1.54) is 0 Å². The van der Waals surface area contributed by atoms with Crippen molar-refractivity contribution in [2.75, 3.05) is 7.05 Å². The fourth-order valence-corrected chi connectivity index (χ4v) is 2.41. The summed E-state index contributed by atoms with van der Waals surface area (Å²) < 4.78 is 0. The molecule has 0 aliphatic rings. The van der Waals surface area contributed by atoms with Crippen molar-refractivity contribution in [1.82, 2.24) is 4.90 Å². The molecule has 0 aromatic heterocycles. The maximum atomic E-state index is 12.5. The molecule has 0 saturated heterocycles. The normalized spacial score (nSPS) is 11.3. The molecule has 2 rings (SSSR count). The summed E-state index contributed by atoms with van der Waals surface area (Å²) in [5.74, 6) is 0.0166. The number of amides is 1. The summed E-state index contributed by atoms with van der Waals surface area (Å²) in [6.07, 6.45) is 1.51. The lowest BCUT2D eigenvalue weighted by atomic mass is 9.98. The van der Waals surface area contributed by atoms with Gasteiger partial charge in [0.1, 0.15) is 0 Å². The van der Waals surface area contributed by atoms with E-state index in [1.54, 1.807) is 4.90 Å². The molecule has 2 aromatic carbocycles. The van der Waals surface area contributed by atoms with Crippen LogP contribution in [0.25, 0.3) is 0 Å². The van der Waals surface area contributed by atoms with Gasteiger partial charge in [0.05, 0.1) is 5.60 Å². The van der Waals surface area contributed by atoms with Gasteiger partial charge in [0, 0.05) is 19.2 Å². The molecule has 0 unspecified atom stereocenters. The van der Waals surface area contributed by atoms with E-state index in [0.29, 0.717) is 18.5 Å². The first-order valence-corrected chi connectivity index (χ1v) is 7.96. The number of hydrogen-bond donors (Lipinski definition) is 1. The number of carbonyl (C=O) groups excluding carboxylic acids is 1. The Morgan fingerprint density at radius 2 is 1.61 bits per heavy atom. The monoisotopic (exact) mass is 311 g/mol. The van der Waals surface area contributed by atoms with Gasteiger partial charge in [-0.05, 0) is 49.9 Å². The Kier molecular flexibility index (Phi) is 5.56. The van der Waals surface area contributed by atoms with E-state index in [1.807, 2.05) is 75.5 Å². The average Bonchev–Trinajstić information content (AvgIpc) is 2.53. The minimum Gasteiger partial charge on any atom is -0.390 e. The van der Waals surface area contributed by atoms with Crippen LogP contribution in [-0.2, 0) is 13.0 Å². The number of nitrogens with zero attached hydrogens (tertiary/aromatic N) is 1. The molecule has 1 N–H and O–H groups in total. The van der Waals surface area contributed by atoms with Crippen molar-refractivity contribution in [1.29, 1.82) is 0 Å². The molecule has 0 saturated carbocycles. The van der Waals surface area contributed by atoms with Crippen LogP contribution in [0.4, 0.5) is 0 Å². The minimum atomic E-state index is -0.662. The molecule has 0 fully saturated rings. The van der Waals surface area contributed by atoms with Gasteiger partial charge in [-0.15, -0.1) is 0 Å². The highest BCUT2D eigenvalue weighted by atomic mass is 16.3. The van der Waals surface area contributed by atoms with Gasteiger partial charge >= 0.3 is 0 Å². The first kappa shape index (κ1) is 17.2. The predicted octanol–water partition coefficient (Wildman–Crippen LogP) is 3.66. The first-order valence-electron chi connectivity index (χ1n) is 7.96. The van der Waals surface area contributed by atoms with Crippen molar-refractivity contribution in [3.8, 4) is 0 Å². The number of aryl methyl sites for hydroxylation is 1. The van der Waals surface area contributed by atoms with Crippen molar-refractivity contribution in [2.24, 2.45) is 0 Å². The second kappa shape index (κ2) is 7.42. The van der Waals surface area contributed by atoms with Crippen LogP contribution < -0.4 is 0 Å². The Bertz CT molecular complexity index is 627. The summed E-state index contributed by atoms with van der Waals surface area (Å²) in [6, 6.07) is 17.6. The number of rotatable bonds is 6. The molecule has 2 aromatic rings. The molecule has 3 heteroatoms. The maximum absolute atomic E-state index is 12.5. The summed E-state index contributed by atoms with van der Waals surface area (Å²) in [5, 5.41) is 9.77. The van der Waals surface area contributed by atoms with Gasteiger partial charge < -0.3 is 10.0 Å². The van der Waals surface area contributed by atoms with Crippen molar-refractivity contribution < 1.29 is 9.90 Å². The van der Waals surface area contributed by atoms with E-state index in [-0.39, 0.29) is 5.91 Å². The van der Waals surface area contributed by atoms with Gasteiger partial charge in [-0.2, -0.15) is 0 Å². The summed E-state index contributed by atoms with van der Waals surface area (Å²) in [4.78, 5) is 14.2. The largest absolute Gasteiger partial charge is 0.390 e. The molecule has 0 radical (unpaired) electrons. The Morgan fingerprint density at radius 3 is 2.17 bits per heavy atom.